The van der Waals surface area contributed by atoms with E-state index in [1.807, 2.05) is 18.2 Å². The van der Waals surface area contributed by atoms with Gasteiger partial charge in [-0.2, -0.15) is 0 Å². The van der Waals surface area contributed by atoms with Gasteiger partial charge in [-0.05, 0) is 18.6 Å². The van der Waals surface area contributed by atoms with Crippen LogP contribution in [-0.2, 0) is 11.3 Å². The Morgan fingerprint density at radius 2 is 2.04 bits per heavy atom. The maximum Gasteiger partial charge on any atom is 0.289 e. The van der Waals surface area contributed by atoms with E-state index in [4.69, 9.17) is 4.74 Å². The first kappa shape index (κ1) is 18.4. The van der Waals surface area contributed by atoms with Crippen LogP contribution in [0.15, 0.2) is 48.8 Å². The molecule has 0 radical (unpaired) electrons. The molecule has 0 spiro atoms. The third-order valence-corrected chi connectivity index (χ3v) is 4.71. The number of hydrogen-bond donors (Lipinski definition) is 2. The molecule has 2 heterocycles. The second-order valence-electron chi connectivity index (χ2n) is 6.62. The van der Waals surface area contributed by atoms with E-state index in [2.05, 4.69) is 39.2 Å². The van der Waals surface area contributed by atoms with Crippen LogP contribution in [0.25, 0.3) is 0 Å². The Hall–Kier alpha value is -2.35. The van der Waals surface area contributed by atoms with E-state index in [1.54, 1.807) is 6.07 Å². The first-order chi connectivity index (χ1) is 12.6. The van der Waals surface area contributed by atoms with Gasteiger partial charge in [-0.3, -0.25) is 9.69 Å². The number of carbonyl (C=O) groups excluding carboxylic acids is 1. The molecular weight excluding hydrogens is 332 g/mol. The van der Waals surface area contributed by atoms with E-state index >= 15 is 0 Å². The summed E-state index contributed by atoms with van der Waals surface area (Å²) in [6.07, 6.45) is 3.05. The smallest absolute Gasteiger partial charge is 0.289 e. The molecule has 1 aromatic carbocycles. The van der Waals surface area contributed by atoms with E-state index in [0.29, 0.717) is 19.8 Å². The Kier molecular flexibility index (Phi) is 5.92. The van der Waals surface area contributed by atoms with Crippen LogP contribution in [0.4, 0.5) is 0 Å². The summed E-state index contributed by atoms with van der Waals surface area (Å²) < 4.78 is 5.71. The fourth-order valence-corrected chi connectivity index (χ4v) is 3.25. The zero-order valence-corrected chi connectivity index (χ0v) is 14.8. The lowest BCUT2D eigenvalue weighted by atomic mass is 9.94. The normalized spacial score (nSPS) is 23.5. The Bertz CT molecular complexity index is 713. The number of morpholine rings is 1. The minimum absolute atomic E-state index is 0.111. The average Bonchev–Trinajstić information content (AvgIpc) is 2.70. The predicted octanol–water partition coefficient (Wildman–Crippen LogP) is 0.858. The van der Waals surface area contributed by atoms with Crippen LogP contribution in [0, 0.1) is 0 Å². The molecule has 26 heavy (non-hydrogen) atoms. The number of carbonyl (C=O) groups is 1. The molecule has 7 heteroatoms. The van der Waals surface area contributed by atoms with Crippen LogP contribution in [0.3, 0.4) is 0 Å². The zero-order chi connectivity index (χ0) is 18.4. The third-order valence-electron chi connectivity index (χ3n) is 4.71. The number of aliphatic hydroxyl groups is 1. The quantitative estimate of drug-likeness (QED) is 0.798. The van der Waals surface area contributed by atoms with Crippen molar-refractivity contribution < 1.29 is 14.6 Å². The van der Waals surface area contributed by atoms with Crippen molar-refractivity contribution in [3.63, 3.8) is 0 Å². The highest BCUT2D eigenvalue weighted by atomic mass is 16.5. The summed E-state index contributed by atoms with van der Waals surface area (Å²) in [4.78, 5) is 22.4. The molecule has 0 saturated carbocycles. The molecule has 3 rings (SSSR count). The molecule has 1 aliphatic rings. The Morgan fingerprint density at radius 1 is 1.31 bits per heavy atom. The van der Waals surface area contributed by atoms with Gasteiger partial charge in [-0.15, -0.1) is 0 Å². The van der Waals surface area contributed by atoms with Crippen LogP contribution in [-0.4, -0.2) is 63.8 Å². The van der Waals surface area contributed by atoms with E-state index in [1.165, 1.54) is 12.4 Å². The molecule has 0 unspecified atom stereocenters. The molecule has 138 valence electrons. The highest BCUT2D eigenvalue weighted by Crippen LogP contribution is 2.26. The minimum atomic E-state index is -0.696. The van der Waals surface area contributed by atoms with Gasteiger partial charge in [0, 0.05) is 31.5 Å². The first-order valence-corrected chi connectivity index (χ1v) is 8.69. The van der Waals surface area contributed by atoms with E-state index in [9.17, 15) is 9.90 Å². The van der Waals surface area contributed by atoms with Crippen LogP contribution < -0.4 is 5.32 Å². The van der Waals surface area contributed by atoms with E-state index < -0.39 is 5.54 Å². The van der Waals surface area contributed by atoms with Gasteiger partial charge in [0.05, 0.1) is 25.4 Å². The van der Waals surface area contributed by atoms with Gasteiger partial charge in [0.25, 0.3) is 5.91 Å². The maximum atomic E-state index is 12.3. The molecule has 1 aromatic heterocycles. The van der Waals surface area contributed by atoms with Crippen molar-refractivity contribution >= 4 is 5.91 Å². The molecule has 1 saturated heterocycles. The number of aromatic nitrogens is 2. The highest BCUT2D eigenvalue weighted by molar-refractivity contribution is 5.90. The second kappa shape index (κ2) is 8.35. The molecule has 2 N–H and O–H groups in total. The summed E-state index contributed by atoms with van der Waals surface area (Å²) in [7, 11) is 0. The third kappa shape index (κ3) is 4.07. The van der Waals surface area contributed by atoms with Gasteiger partial charge < -0.3 is 15.2 Å². The summed E-state index contributed by atoms with van der Waals surface area (Å²) >= 11 is 0. The molecule has 0 aliphatic carbocycles. The number of ether oxygens (including phenoxy) is 1. The van der Waals surface area contributed by atoms with Crippen molar-refractivity contribution in [3.05, 3.63) is 60.2 Å². The molecule has 7 nitrogen and oxygen atoms in total. The first-order valence-electron chi connectivity index (χ1n) is 8.69. The lowest BCUT2D eigenvalue weighted by Crippen LogP contribution is -2.66. The predicted molar refractivity (Wildman–Crippen MR) is 96.4 cm³/mol. The SMILES string of the molecule is C[C@@H]1COC[C@@](CO)(CNC(=O)c2ncccn2)N1Cc1ccccc1. The number of rotatable bonds is 6. The number of aliphatic hydroxyl groups excluding tert-OH is 1. The summed E-state index contributed by atoms with van der Waals surface area (Å²) in [6.45, 7) is 3.79. The van der Waals surface area contributed by atoms with Crippen LogP contribution in [0.5, 0.6) is 0 Å². The standard InChI is InChI=1S/C19H24N4O3/c1-15-11-26-14-19(13-24,23(15)10-16-6-3-2-4-7-16)12-22-18(25)17-20-8-5-9-21-17/h2-9,15,24H,10-14H2,1H3,(H,22,25)/t15-,19+/m1/s1. The van der Waals surface area contributed by atoms with E-state index in [-0.39, 0.29) is 30.9 Å². The van der Waals surface area contributed by atoms with E-state index in [0.717, 1.165) is 5.56 Å². The number of benzene rings is 1. The number of nitrogens with one attached hydrogen (secondary N) is 1. The van der Waals surface area contributed by atoms with Gasteiger partial charge in [0.15, 0.2) is 0 Å². The summed E-state index contributed by atoms with van der Waals surface area (Å²) in [5.74, 6) is -0.253. The largest absolute Gasteiger partial charge is 0.394 e. The number of nitrogens with zero attached hydrogens (tertiary/aromatic N) is 3. The highest BCUT2D eigenvalue weighted by Gasteiger charge is 2.43. The van der Waals surface area contributed by atoms with Crippen LogP contribution in [0.2, 0.25) is 0 Å². The monoisotopic (exact) mass is 356 g/mol. The van der Waals surface area contributed by atoms with Crippen molar-refractivity contribution in [2.75, 3.05) is 26.4 Å². The fourth-order valence-electron chi connectivity index (χ4n) is 3.25. The molecule has 2 atom stereocenters. The summed E-state index contributed by atoms with van der Waals surface area (Å²) in [6, 6.07) is 11.9. The topological polar surface area (TPSA) is 87.6 Å². The Morgan fingerprint density at radius 3 is 2.73 bits per heavy atom. The molecule has 1 amide bonds. The summed E-state index contributed by atoms with van der Waals surface area (Å²) in [5.41, 5.74) is 0.453. The lowest BCUT2D eigenvalue weighted by molar-refractivity contribution is -0.121. The van der Waals surface area contributed by atoms with Crippen molar-refractivity contribution in [1.29, 1.82) is 0 Å². The number of hydrogen-bond acceptors (Lipinski definition) is 6. The molecule has 0 bridgehead atoms. The van der Waals surface area contributed by atoms with Crippen molar-refractivity contribution in [2.45, 2.75) is 25.0 Å². The Balaban J connectivity index is 1.76. The minimum Gasteiger partial charge on any atom is -0.394 e. The molecule has 1 fully saturated rings. The van der Waals surface area contributed by atoms with Crippen LogP contribution >= 0.6 is 0 Å². The second-order valence-corrected chi connectivity index (χ2v) is 6.62. The van der Waals surface area contributed by atoms with Gasteiger partial charge in [-0.1, -0.05) is 30.3 Å². The van der Waals surface area contributed by atoms with Crippen molar-refractivity contribution in [2.24, 2.45) is 0 Å². The molecule has 1 aliphatic heterocycles. The fraction of sp³-hybridized carbons (Fsp3) is 0.421. The lowest BCUT2D eigenvalue weighted by Gasteiger charge is -2.49. The Labute approximate surface area is 153 Å². The maximum absolute atomic E-state index is 12.3. The van der Waals surface area contributed by atoms with Crippen LogP contribution in [0.1, 0.15) is 23.1 Å². The van der Waals surface area contributed by atoms with Gasteiger partial charge in [0.2, 0.25) is 5.82 Å². The average molecular weight is 356 g/mol. The molecule has 2 aromatic rings. The van der Waals surface area contributed by atoms with Crippen molar-refractivity contribution in [3.8, 4) is 0 Å². The van der Waals surface area contributed by atoms with Gasteiger partial charge in [0.1, 0.15) is 0 Å². The van der Waals surface area contributed by atoms with Gasteiger partial charge >= 0.3 is 0 Å². The molecular formula is C19H24N4O3. The zero-order valence-electron chi connectivity index (χ0n) is 14.8. The number of amides is 1. The van der Waals surface area contributed by atoms with Crippen molar-refractivity contribution in [1.82, 2.24) is 20.2 Å². The summed E-state index contributed by atoms with van der Waals surface area (Å²) in [5, 5.41) is 13.0. The van der Waals surface area contributed by atoms with Gasteiger partial charge in [-0.25, -0.2) is 9.97 Å².